The second-order valence-electron chi connectivity index (χ2n) is 2.36. The summed E-state index contributed by atoms with van der Waals surface area (Å²) >= 11 is 0. The van der Waals surface area contributed by atoms with Crippen LogP contribution >= 0.6 is 0 Å². The zero-order valence-electron chi connectivity index (χ0n) is 6.23. The summed E-state index contributed by atoms with van der Waals surface area (Å²) in [5.74, 6) is 1.19. The topological polar surface area (TPSA) is 16.8 Å². The minimum absolute atomic E-state index is 1.10. The average molecular weight is 125 g/mol. The van der Waals surface area contributed by atoms with Crippen LogP contribution in [-0.4, -0.2) is 12.4 Å². The van der Waals surface area contributed by atoms with Crippen LogP contribution in [0.5, 0.6) is 0 Å². The number of aliphatic imine (C=N–C) groups is 1. The van der Waals surface area contributed by atoms with E-state index in [-0.39, 0.29) is 0 Å². The molecule has 0 aromatic rings. The molecular formula is C7H13N2+. The van der Waals surface area contributed by atoms with E-state index in [9.17, 15) is 0 Å². The number of quaternary nitrogens is 1. The van der Waals surface area contributed by atoms with Gasteiger partial charge in [-0.1, -0.05) is 0 Å². The van der Waals surface area contributed by atoms with Crippen LogP contribution in [0.4, 0.5) is 0 Å². The quantitative estimate of drug-likeness (QED) is 0.515. The Bertz CT molecular complexity index is 168. The molecular weight excluding hydrogens is 112 g/mol. The predicted octanol–water partition coefficient (Wildman–Crippen LogP) is 0.184. The first-order valence-electron chi connectivity index (χ1n) is 3.34. The fraction of sp³-hybridized carbons (Fsp3) is 0.571. The van der Waals surface area contributed by atoms with Gasteiger partial charge < -0.3 is 0 Å². The van der Waals surface area contributed by atoms with E-state index in [1.54, 1.807) is 0 Å². The van der Waals surface area contributed by atoms with Crippen molar-refractivity contribution in [2.24, 2.45) is 4.99 Å². The Labute approximate surface area is 55.9 Å². The van der Waals surface area contributed by atoms with Crippen LogP contribution in [0.25, 0.3) is 0 Å². The van der Waals surface area contributed by atoms with Gasteiger partial charge in [-0.05, 0) is 13.8 Å². The van der Waals surface area contributed by atoms with Crippen LogP contribution in [0.3, 0.4) is 0 Å². The van der Waals surface area contributed by atoms with Crippen LogP contribution in [0.1, 0.15) is 20.8 Å². The van der Waals surface area contributed by atoms with Crippen LogP contribution in [0.15, 0.2) is 16.9 Å². The van der Waals surface area contributed by atoms with Gasteiger partial charge in [0.05, 0.1) is 12.2 Å². The van der Waals surface area contributed by atoms with Crippen molar-refractivity contribution >= 4 is 5.84 Å². The molecule has 0 aromatic carbocycles. The minimum Gasteiger partial charge on any atom is -0.263 e. The van der Waals surface area contributed by atoms with Crippen molar-refractivity contribution in [2.75, 3.05) is 6.54 Å². The third-order valence-corrected chi connectivity index (χ3v) is 1.57. The molecule has 1 rings (SSSR count). The maximum absolute atomic E-state index is 4.28. The summed E-state index contributed by atoms with van der Waals surface area (Å²) in [6.45, 7) is 7.36. The molecule has 0 aliphatic carbocycles. The molecule has 1 aliphatic rings. The lowest BCUT2D eigenvalue weighted by atomic mass is 10.5. The van der Waals surface area contributed by atoms with E-state index in [2.05, 4.69) is 25.0 Å². The lowest BCUT2D eigenvalue weighted by Crippen LogP contribution is -3.08. The summed E-state index contributed by atoms with van der Waals surface area (Å²) in [7, 11) is 0. The second-order valence-corrected chi connectivity index (χ2v) is 2.36. The van der Waals surface area contributed by atoms with E-state index < -0.39 is 0 Å². The predicted molar refractivity (Wildman–Crippen MR) is 38.4 cm³/mol. The van der Waals surface area contributed by atoms with Crippen molar-refractivity contribution in [2.45, 2.75) is 20.8 Å². The van der Waals surface area contributed by atoms with Crippen molar-refractivity contribution < 1.29 is 4.90 Å². The van der Waals surface area contributed by atoms with Crippen LogP contribution in [0, 0.1) is 0 Å². The van der Waals surface area contributed by atoms with Gasteiger partial charge in [0, 0.05) is 6.92 Å². The molecule has 9 heavy (non-hydrogen) atoms. The molecule has 2 nitrogen and oxygen atoms in total. The number of rotatable bonds is 1. The first-order chi connectivity index (χ1) is 4.24. The van der Waals surface area contributed by atoms with E-state index >= 15 is 0 Å². The van der Waals surface area contributed by atoms with Gasteiger partial charge >= 0.3 is 0 Å². The summed E-state index contributed by atoms with van der Waals surface area (Å²) in [5.41, 5.74) is 1.14. The standard InChI is InChI=1S/C7H12N2/c1-4-9-5-6(2)8-7(9)3/h5H,4H2,1-3H3/p+1. The molecule has 1 atom stereocenters. The highest BCUT2D eigenvalue weighted by atomic mass is 15.2. The number of nitrogens with zero attached hydrogens (tertiary/aromatic N) is 1. The Morgan fingerprint density at radius 2 is 2.22 bits per heavy atom. The van der Waals surface area contributed by atoms with Gasteiger partial charge in [-0.15, -0.1) is 0 Å². The Hall–Kier alpha value is -0.630. The summed E-state index contributed by atoms with van der Waals surface area (Å²) in [4.78, 5) is 5.66. The highest BCUT2D eigenvalue weighted by Crippen LogP contribution is 1.94. The number of hydrogen-bond donors (Lipinski definition) is 1. The minimum atomic E-state index is 1.10. The molecule has 1 unspecified atom stereocenters. The van der Waals surface area contributed by atoms with Crippen molar-refractivity contribution in [3.63, 3.8) is 0 Å². The number of allylic oxidation sites excluding steroid dienone is 1. The van der Waals surface area contributed by atoms with Crippen molar-refractivity contribution in [3.05, 3.63) is 11.9 Å². The average Bonchev–Trinajstić information content (AvgIpc) is 2.10. The Morgan fingerprint density at radius 3 is 2.44 bits per heavy atom. The molecule has 0 aromatic heterocycles. The fourth-order valence-electron chi connectivity index (χ4n) is 1.08. The lowest BCUT2D eigenvalue weighted by Gasteiger charge is -2.03. The molecule has 0 saturated heterocycles. The van der Waals surface area contributed by atoms with Gasteiger partial charge in [0.15, 0.2) is 0 Å². The smallest absolute Gasteiger partial charge is 0.202 e. The molecule has 1 N–H and O–H groups in total. The largest absolute Gasteiger partial charge is 0.263 e. The monoisotopic (exact) mass is 125 g/mol. The van der Waals surface area contributed by atoms with Gasteiger partial charge in [0.25, 0.3) is 0 Å². The summed E-state index contributed by atoms with van der Waals surface area (Å²) in [6, 6.07) is 0. The number of hydrogen-bond acceptors (Lipinski definition) is 1. The highest BCUT2D eigenvalue weighted by molar-refractivity contribution is 5.73. The first kappa shape index (κ1) is 6.49. The Kier molecular flexibility index (Phi) is 1.67. The number of amidine groups is 1. The molecule has 0 amide bonds. The maximum Gasteiger partial charge on any atom is 0.202 e. The molecule has 1 aliphatic heterocycles. The first-order valence-corrected chi connectivity index (χ1v) is 3.34. The molecule has 0 saturated carbocycles. The second kappa shape index (κ2) is 2.31. The highest BCUT2D eigenvalue weighted by Gasteiger charge is 2.13. The fourth-order valence-corrected chi connectivity index (χ4v) is 1.08. The van der Waals surface area contributed by atoms with E-state index in [0.29, 0.717) is 0 Å². The van der Waals surface area contributed by atoms with E-state index in [4.69, 9.17) is 0 Å². The van der Waals surface area contributed by atoms with Crippen molar-refractivity contribution in [1.82, 2.24) is 0 Å². The SMILES string of the molecule is CC[NH+]1C=C(C)N=C1C. The summed E-state index contributed by atoms with van der Waals surface area (Å²) < 4.78 is 0. The van der Waals surface area contributed by atoms with Crippen LogP contribution < -0.4 is 4.90 Å². The third kappa shape index (κ3) is 1.19. The van der Waals surface area contributed by atoms with Crippen molar-refractivity contribution in [1.29, 1.82) is 0 Å². The van der Waals surface area contributed by atoms with Crippen molar-refractivity contribution in [3.8, 4) is 0 Å². The molecule has 0 fully saturated rings. The van der Waals surface area contributed by atoms with Gasteiger partial charge in [-0.25, -0.2) is 4.99 Å². The van der Waals surface area contributed by atoms with E-state index in [0.717, 1.165) is 12.2 Å². The zero-order valence-corrected chi connectivity index (χ0v) is 6.23. The van der Waals surface area contributed by atoms with Crippen LogP contribution in [-0.2, 0) is 0 Å². The van der Waals surface area contributed by atoms with Crippen LogP contribution in [0.2, 0.25) is 0 Å². The molecule has 1 heterocycles. The van der Waals surface area contributed by atoms with Gasteiger partial charge in [-0.2, -0.15) is 0 Å². The molecule has 0 spiro atoms. The van der Waals surface area contributed by atoms with Gasteiger partial charge in [0.2, 0.25) is 5.84 Å². The Balaban J connectivity index is 2.70. The molecule has 50 valence electrons. The maximum atomic E-state index is 4.28. The third-order valence-electron chi connectivity index (χ3n) is 1.57. The van der Waals surface area contributed by atoms with E-state index in [1.165, 1.54) is 10.7 Å². The zero-order chi connectivity index (χ0) is 6.85. The van der Waals surface area contributed by atoms with E-state index in [1.807, 2.05) is 6.92 Å². The summed E-state index contributed by atoms with van der Waals surface area (Å²) in [5, 5.41) is 0. The molecule has 0 radical (unpaired) electrons. The summed E-state index contributed by atoms with van der Waals surface area (Å²) in [6.07, 6.45) is 2.15. The molecule has 2 heteroatoms. The van der Waals surface area contributed by atoms with Gasteiger partial charge in [0.1, 0.15) is 6.20 Å². The van der Waals surface area contributed by atoms with Gasteiger partial charge in [-0.3, -0.25) is 4.90 Å². The molecule has 0 bridgehead atoms. The number of nitrogens with one attached hydrogen (secondary N) is 1. The lowest BCUT2D eigenvalue weighted by molar-refractivity contribution is -0.742. The Morgan fingerprint density at radius 1 is 1.56 bits per heavy atom. The normalized spacial score (nSPS) is 25.9.